The van der Waals surface area contributed by atoms with Crippen LogP contribution in [0.5, 0.6) is 23.0 Å². The van der Waals surface area contributed by atoms with E-state index in [9.17, 15) is 8.78 Å². The maximum atomic E-state index is 14.9. The summed E-state index contributed by atoms with van der Waals surface area (Å²) in [7, 11) is 0. The standard InChI is InChI=1S/C50H42F2N2O2/c1-49(2,3)45-43(31-23-27-33(51)28-24-31)47(53-35-15-7-11-19-39(35)55-40-20-12-8-16-36(40)53)46(50(4,5)6)48(44(45)32-25-29-34(52)30-26-32)54-37-17-9-13-21-41(37)56-42-22-14-10-18-38(42)54/h7-30H,1-6H3. The number of fused-ring (bicyclic) bond motifs is 4. The zero-order valence-electron chi connectivity index (χ0n) is 32.3. The van der Waals surface area contributed by atoms with Gasteiger partial charge in [0.25, 0.3) is 0 Å². The highest BCUT2D eigenvalue weighted by atomic mass is 19.1. The molecule has 9 rings (SSSR count). The van der Waals surface area contributed by atoms with Gasteiger partial charge in [-0.15, -0.1) is 0 Å². The predicted molar refractivity (Wildman–Crippen MR) is 224 cm³/mol. The number of anilines is 6. The molecule has 0 N–H and O–H groups in total. The molecule has 0 saturated heterocycles. The fourth-order valence-corrected chi connectivity index (χ4v) is 8.32. The highest BCUT2D eigenvalue weighted by molar-refractivity contribution is 6.07. The third kappa shape index (κ3) is 5.79. The van der Waals surface area contributed by atoms with Gasteiger partial charge in [-0.2, -0.15) is 0 Å². The van der Waals surface area contributed by atoms with Gasteiger partial charge in [0.2, 0.25) is 0 Å². The van der Waals surface area contributed by atoms with E-state index in [2.05, 4.69) is 75.6 Å². The summed E-state index contributed by atoms with van der Waals surface area (Å²) in [6.45, 7) is 13.4. The number of rotatable bonds is 4. The molecule has 0 bridgehead atoms. The first-order valence-electron chi connectivity index (χ1n) is 19.0. The normalized spacial score (nSPS) is 13.2. The van der Waals surface area contributed by atoms with Crippen molar-refractivity contribution >= 4 is 34.1 Å². The molecular formula is C50H42F2N2O2. The molecule has 0 amide bonds. The minimum atomic E-state index is -0.533. The van der Waals surface area contributed by atoms with Crippen molar-refractivity contribution in [2.24, 2.45) is 0 Å². The first-order valence-corrected chi connectivity index (χ1v) is 19.0. The average molecular weight is 741 g/mol. The van der Waals surface area contributed by atoms with Crippen LogP contribution in [0, 0.1) is 11.6 Å². The highest BCUT2D eigenvalue weighted by Crippen LogP contribution is 2.64. The molecule has 278 valence electrons. The summed E-state index contributed by atoms with van der Waals surface area (Å²) in [5.74, 6) is 2.25. The van der Waals surface area contributed by atoms with Gasteiger partial charge in [-0.05, 0) is 100 Å². The molecule has 7 aromatic carbocycles. The van der Waals surface area contributed by atoms with Crippen LogP contribution >= 0.6 is 0 Å². The van der Waals surface area contributed by atoms with Crippen LogP contribution in [0.4, 0.5) is 42.9 Å². The predicted octanol–water partition coefficient (Wildman–Crippen LogP) is 15.0. The zero-order chi connectivity index (χ0) is 38.9. The van der Waals surface area contributed by atoms with Gasteiger partial charge in [-0.3, -0.25) is 0 Å². The van der Waals surface area contributed by atoms with Crippen LogP contribution in [-0.2, 0) is 10.8 Å². The summed E-state index contributed by atoms with van der Waals surface area (Å²) >= 11 is 0. The molecule has 0 fully saturated rings. The lowest BCUT2D eigenvalue weighted by Gasteiger charge is -2.45. The third-order valence-corrected chi connectivity index (χ3v) is 10.5. The SMILES string of the molecule is CC(C)(C)c1c(-c2ccc(F)cc2)c(N2c3ccccc3Oc3ccccc32)c(C(C)(C)C)c(N2c3ccccc3Oc3ccccc32)c1-c1ccc(F)cc1. The van der Waals surface area contributed by atoms with E-state index in [1.54, 1.807) is 0 Å². The summed E-state index contributed by atoms with van der Waals surface area (Å²) in [6, 6.07) is 46.1. The number of halogens is 2. The number of nitrogens with zero attached hydrogens (tertiary/aromatic N) is 2. The second kappa shape index (κ2) is 13.1. The van der Waals surface area contributed by atoms with Crippen LogP contribution in [0.1, 0.15) is 52.7 Å². The van der Waals surface area contributed by atoms with Gasteiger partial charge in [0.15, 0.2) is 23.0 Å². The molecule has 0 saturated carbocycles. The molecule has 2 aliphatic heterocycles. The van der Waals surface area contributed by atoms with Gasteiger partial charge in [0.05, 0.1) is 34.1 Å². The van der Waals surface area contributed by atoms with E-state index in [4.69, 9.17) is 9.47 Å². The van der Waals surface area contributed by atoms with E-state index < -0.39 is 10.8 Å². The summed E-state index contributed by atoms with van der Waals surface area (Å²) < 4.78 is 43.1. The molecular weight excluding hydrogens is 699 g/mol. The Bertz CT molecular complexity index is 2380. The Morgan fingerprint density at radius 3 is 0.946 bits per heavy atom. The Labute approximate surface area is 327 Å². The minimum Gasteiger partial charge on any atom is -0.453 e. The van der Waals surface area contributed by atoms with Crippen molar-refractivity contribution in [1.29, 1.82) is 0 Å². The Morgan fingerprint density at radius 1 is 0.375 bits per heavy atom. The van der Waals surface area contributed by atoms with Gasteiger partial charge in [0.1, 0.15) is 11.6 Å². The molecule has 0 spiro atoms. The first kappa shape index (κ1) is 35.3. The van der Waals surface area contributed by atoms with Crippen LogP contribution in [-0.4, -0.2) is 0 Å². The Hall–Kier alpha value is -6.40. The van der Waals surface area contributed by atoms with Crippen LogP contribution < -0.4 is 19.3 Å². The van der Waals surface area contributed by atoms with Crippen molar-refractivity contribution < 1.29 is 18.3 Å². The van der Waals surface area contributed by atoms with Crippen LogP contribution in [0.15, 0.2) is 146 Å². The zero-order valence-corrected chi connectivity index (χ0v) is 32.3. The van der Waals surface area contributed by atoms with Crippen molar-refractivity contribution in [2.45, 2.75) is 52.4 Å². The second-order valence-corrected chi connectivity index (χ2v) is 16.5. The fourth-order valence-electron chi connectivity index (χ4n) is 8.32. The number of hydrogen-bond donors (Lipinski definition) is 0. The summed E-state index contributed by atoms with van der Waals surface area (Å²) in [5, 5.41) is 0. The highest BCUT2D eigenvalue weighted by Gasteiger charge is 2.42. The van der Waals surface area contributed by atoms with Crippen molar-refractivity contribution in [3.05, 3.63) is 168 Å². The molecule has 56 heavy (non-hydrogen) atoms. The quantitative estimate of drug-likeness (QED) is 0.179. The van der Waals surface area contributed by atoms with Crippen molar-refractivity contribution in [2.75, 3.05) is 9.80 Å². The minimum absolute atomic E-state index is 0.317. The van der Waals surface area contributed by atoms with Crippen molar-refractivity contribution in [3.63, 3.8) is 0 Å². The van der Waals surface area contributed by atoms with Gasteiger partial charge < -0.3 is 19.3 Å². The number of hydrogen-bond acceptors (Lipinski definition) is 4. The Morgan fingerprint density at radius 2 is 0.661 bits per heavy atom. The van der Waals surface area contributed by atoms with Gasteiger partial charge in [-0.25, -0.2) is 8.78 Å². The van der Waals surface area contributed by atoms with Gasteiger partial charge >= 0.3 is 0 Å². The molecule has 0 unspecified atom stereocenters. The summed E-state index contributed by atoms with van der Waals surface area (Å²) in [5.41, 5.74) is 10.0. The molecule has 2 aliphatic rings. The largest absolute Gasteiger partial charge is 0.453 e. The lowest BCUT2D eigenvalue weighted by molar-refractivity contribution is 0.476. The van der Waals surface area contributed by atoms with E-state index >= 15 is 0 Å². The van der Waals surface area contributed by atoms with Gasteiger partial charge in [0, 0.05) is 16.7 Å². The van der Waals surface area contributed by atoms with Crippen LogP contribution in [0.3, 0.4) is 0 Å². The number of para-hydroxylation sites is 8. The van der Waals surface area contributed by atoms with Crippen LogP contribution in [0.25, 0.3) is 22.3 Å². The molecule has 0 radical (unpaired) electrons. The van der Waals surface area contributed by atoms with Crippen LogP contribution in [0.2, 0.25) is 0 Å². The number of benzene rings is 7. The van der Waals surface area contributed by atoms with E-state index in [1.807, 2.05) is 97.1 Å². The lowest BCUT2D eigenvalue weighted by atomic mass is 9.70. The summed E-state index contributed by atoms with van der Waals surface area (Å²) in [4.78, 5) is 4.66. The van der Waals surface area contributed by atoms with E-state index in [1.165, 1.54) is 24.3 Å². The Kier molecular flexibility index (Phi) is 8.28. The molecule has 0 aliphatic carbocycles. The molecule has 0 aromatic heterocycles. The summed E-state index contributed by atoms with van der Waals surface area (Å²) in [6.07, 6.45) is 0. The monoisotopic (exact) mass is 740 g/mol. The van der Waals surface area contributed by atoms with E-state index in [0.29, 0.717) is 0 Å². The topological polar surface area (TPSA) is 24.9 Å². The Balaban J connectivity index is 1.59. The molecule has 0 atom stereocenters. The maximum absolute atomic E-state index is 14.9. The molecule has 4 nitrogen and oxygen atoms in total. The average Bonchev–Trinajstić information content (AvgIpc) is 3.18. The lowest BCUT2D eigenvalue weighted by Crippen LogP contribution is -2.29. The third-order valence-electron chi connectivity index (χ3n) is 10.5. The van der Waals surface area contributed by atoms with Gasteiger partial charge in [-0.1, -0.05) is 114 Å². The fraction of sp³-hybridized carbons (Fsp3) is 0.160. The first-order chi connectivity index (χ1) is 26.9. The number of ether oxygens (including phenoxy) is 2. The molecule has 2 heterocycles. The second-order valence-electron chi connectivity index (χ2n) is 16.5. The van der Waals surface area contributed by atoms with Crippen molar-refractivity contribution in [1.82, 2.24) is 0 Å². The maximum Gasteiger partial charge on any atom is 0.151 e. The van der Waals surface area contributed by atoms with E-state index in [0.717, 1.165) is 90.5 Å². The molecule has 6 heteroatoms. The molecule has 7 aromatic rings. The van der Waals surface area contributed by atoms with Crippen molar-refractivity contribution in [3.8, 4) is 45.3 Å². The smallest absolute Gasteiger partial charge is 0.151 e. The van der Waals surface area contributed by atoms with E-state index in [-0.39, 0.29) is 11.6 Å².